The summed E-state index contributed by atoms with van der Waals surface area (Å²) in [7, 11) is 0. The molecular weight excluding hydrogens is 507 g/mol. The Bertz CT molecular complexity index is 1690. The van der Waals surface area contributed by atoms with Crippen molar-refractivity contribution in [1.29, 1.82) is 0 Å². The van der Waals surface area contributed by atoms with Crippen molar-refractivity contribution in [2.75, 3.05) is 23.7 Å². The Morgan fingerprint density at radius 3 is 2.64 bits per heavy atom. The van der Waals surface area contributed by atoms with Crippen molar-refractivity contribution in [3.63, 3.8) is 0 Å². The van der Waals surface area contributed by atoms with E-state index in [0.29, 0.717) is 54.9 Å². The number of imidazole rings is 1. The SMILES string of the molecule is Nc1ncnc2c1ncn2Cc1cc(-c2ccc(F)c(F)c2)ncc1N1CCC[C@](N)(c2ncccc2F)C1. The molecular formula is C27H24F3N9. The molecule has 6 rings (SSSR count). The van der Waals surface area contributed by atoms with Crippen molar-refractivity contribution in [2.45, 2.75) is 24.9 Å². The standard InChI is InChI=1S/C27H24F3N9/c28-18-5-4-16(9-20(18)30)21-10-17(12-39-15-37-23-25(31)35-14-36-26(23)39)22(11-34-21)38-8-2-6-27(32,13-38)24-19(29)3-1-7-33-24/h1,3-5,7,9-11,14-15H,2,6,8,12-13,32H2,(H2,31,35,36)/t27-/m1/s1. The Kier molecular flexibility index (Phi) is 6.10. The molecule has 0 spiro atoms. The topological polar surface area (TPSA) is 125 Å². The number of benzene rings is 1. The molecule has 1 aliphatic heterocycles. The lowest BCUT2D eigenvalue weighted by Crippen LogP contribution is -2.53. The third-order valence-electron chi connectivity index (χ3n) is 7.05. The van der Waals surface area contributed by atoms with Gasteiger partial charge in [-0.2, -0.15) is 0 Å². The molecule has 0 aliphatic carbocycles. The zero-order valence-corrected chi connectivity index (χ0v) is 20.7. The van der Waals surface area contributed by atoms with Crippen molar-refractivity contribution >= 4 is 22.7 Å². The Hall–Kier alpha value is -4.58. The minimum atomic E-state index is -1.01. The number of nitrogens with two attached hydrogens (primary N) is 2. The van der Waals surface area contributed by atoms with E-state index in [4.69, 9.17) is 11.5 Å². The Labute approximate surface area is 221 Å². The van der Waals surface area contributed by atoms with Crippen LogP contribution in [0.2, 0.25) is 0 Å². The predicted octanol–water partition coefficient (Wildman–Crippen LogP) is 3.79. The van der Waals surface area contributed by atoms with Gasteiger partial charge in [-0.15, -0.1) is 0 Å². The van der Waals surface area contributed by atoms with Crippen LogP contribution in [-0.4, -0.2) is 42.6 Å². The van der Waals surface area contributed by atoms with Crippen LogP contribution in [0.5, 0.6) is 0 Å². The van der Waals surface area contributed by atoms with Crippen LogP contribution in [0, 0.1) is 17.5 Å². The summed E-state index contributed by atoms with van der Waals surface area (Å²) in [5.74, 6) is -2.09. The highest BCUT2D eigenvalue weighted by Gasteiger charge is 2.37. The number of halogens is 3. The molecule has 12 heteroatoms. The zero-order valence-electron chi connectivity index (χ0n) is 20.7. The smallest absolute Gasteiger partial charge is 0.165 e. The highest BCUT2D eigenvalue weighted by molar-refractivity contribution is 5.81. The van der Waals surface area contributed by atoms with Crippen LogP contribution in [0.4, 0.5) is 24.7 Å². The molecule has 0 unspecified atom stereocenters. The maximum absolute atomic E-state index is 14.7. The Morgan fingerprint density at radius 1 is 0.949 bits per heavy atom. The van der Waals surface area contributed by atoms with Gasteiger partial charge in [-0.05, 0) is 54.8 Å². The van der Waals surface area contributed by atoms with Crippen LogP contribution in [0.15, 0.2) is 61.4 Å². The van der Waals surface area contributed by atoms with E-state index >= 15 is 0 Å². The lowest BCUT2D eigenvalue weighted by atomic mass is 9.85. The van der Waals surface area contributed by atoms with Crippen LogP contribution >= 0.6 is 0 Å². The van der Waals surface area contributed by atoms with Crippen LogP contribution in [0.1, 0.15) is 24.1 Å². The number of rotatable bonds is 5. The molecule has 39 heavy (non-hydrogen) atoms. The first kappa shape index (κ1) is 24.7. The van der Waals surface area contributed by atoms with Gasteiger partial charge in [-0.1, -0.05) is 0 Å². The molecule has 0 amide bonds. The molecule has 4 aromatic heterocycles. The number of pyridine rings is 2. The van der Waals surface area contributed by atoms with E-state index < -0.39 is 23.0 Å². The molecule has 9 nitrogen and oxygen atoms in total. The largest absolute Gasteiger partial charge is 0.382 e. The van der Waals surface area contributed by atoms with Gasteiger partial charge < -0.3 is 20.9 Å². The molecule has 1 aromatic carbocycles. The van der Waals surface area contributed by atoms with E-state index in [1.165, 1.54) is 30.7 Å². The second kappa shape index (κ2) is 9.62. The van der Waals surface area contributed by atoms with Crippen molar-refractivity contribution in [2.24, 2.45) is 5.73 Å². The van der Waals surface area contributed by atoms with Crippen molar-refractivity contribution in [3.05, 3.63) is 90.2 Å². The molecule has 0 bridgehead atoms. The molecule has 4 N–H and O–H groups in total. The summed E-state index contributed by atoms with van der Waals surface area (Å²) in [4.78, 5) is 23.6. The lowest BCUT2D eigenvalue weighted by molar-refractivity contribution is 0.331. The minimum absolute atomic E-state index is 0.218. The molecule has 0 radical (unpaired) electrons. The van der Waals surface area contributed by atoms with Gasteiger partial charge in [0.2, 0.25) is 0 Å². The van der Waals surface area contributed by atoms with Gasteiger partial charge >= 0.3 is 0 Å². The number of fused-ring (bicyclic) bond motifs is 1. The summed E-state index contributed by atoms with van der Waals surface area (Å²) in [5.41, 5.74) is 15.4. The summed E-state index contributed by atoms with van der Waals surface area (Å²) in [6.07, 6.45) is 7.46. The van der Waals surface area contributed by atoms with E-state index in [1.54, 1.807) is 12.5 Å². The van der Waals surface area contributed by atoms with Gasteiger partial charge in [0.05, 0.1) is 41.7 Å². The zero-order chi connectivity index (χ0) is 27.1. The van der Waals surface area contributed by atoms with E-state index in [-0.39, 0.29) is 11.5 Å². The molecule has 1 fully saturated rings. The number of piperidine rings is 1. The molecule has 0 saturated carbocycles. The highest BCUT2D eigenvalue weighted by atomic mass is 19.2. The van der Waals surface area contributed by atoms with Gasteiger partial charge in [-0.3, -0.25) is 9.97 Å². The molecule has 1 saturated heterocycles. The fraction of sp³-hybridized carbons (Fsp3) is 0.222. The summed E-state index contributed by atoms with van der Waals surface area (Å²) >= 11 is 0. The average Bonchev–Trinajstić information content (AvgIpc) is 3.34. The van der Waals surface area contributed by atoms with Crippen molar-refractivity contribution in [1.82, 2.24) is 29.5 Å². The molecule has 5 aromatic rings. The highest BCUT2D eigenvalue weighted by Crippen LogP contribution is 2.35. The lowest BCUT2D eigenvalue weighted by Gasteiger charge is -2.41. The van der Waals surface area contributed by atoms with Crippen molar-refractivity contribution < 1.29 is 13.2 Å². The summed E-state index contributed by atoms with van der Waals surface area (Å²) in [5, 5.41) is 0. The van der Waals surface area contributed by atoms with E-state index in [0.717, 1.165) is 23.4 Å². The fourth-order valence-electron chi connectivity index (χ4n) is 5.15. The number of aromatic nitrogens is 6. The summed E-state index contributed by atoms with van der Waals surface area (Å²) in [6, 6.07) is 8.35. The maximum Gasteiger partial charge on any atom is 0.165 e. The van der Waals surface area contributed by atoms with Gasteiger partial charge in [-0.25, -0.2) is 28.1 Å². The normalized spacial score (nSPS) is 17.6. The third kappa shape index (κ3) is 4.52. The first-order valence-corrected chi connectivity index (χ1v) is 12.3. The Balaban J connectivity index is 1.43. The van der Waals surface area contributed by atoms with E-state index in [2.05, 4.69) is 29.8 Å². The average molecular weight is 532 g/mol. The third-order valence-corrected chi connectivity index (χ3v) is 7.05. The number of anilines is 2. The summed E-state index contributed by atoms with van der Waals surface area (Å²) < 4.78 is 44.1. The van der Waals surface area contributed by atoms with Gasteiger partial charge in [0.15, 0.2) is 23.1 Å². The monoisotopic (exact) mass is 531 g/mol. The molecule has 1 atom stereocenters. The van der Waals surface area contributed by atoms with Crippen LogP contribution in [0.3, 0.4) is 0 Å². The predicted molar refractivity (Wildman–Crippen MR) is 140 cm³/mol. The number of nitrogen functional groups attached to an aromatic ring is 1. The van der Waals surface area contributed by atoms with Gasteiger partial charge in [0, 0.05) is 24.8 Å². The molecule has 1 aliphatic rings. The number of hydrogen-bond acceptors (Lipinski definition) is 8. The first-order valence-electron chi connectivity index (χ1n) is 12.3. The quantitative estimate of drug-likeness (QED) is 0.351. The van der Waals surface area contributed by atoms with Crippen LogP contribution in [-0.2, 0) is 12.1 Å². The van der Waals surface area contributed by atoms with E-state index in [1.807, 2.05) is 10.6 Å². The fourth-order valence-corrected chi connectivity index (χ4v) is 5.15. The first-order chi connectivity index (χ1) is 18.8. The van der Waals surface area contributed by atoms with Crippen LogP contribution in [0.25, 0.3) is 22.4 Å². The van der Waals surface area contributed by atoms with Gasteiger partial charge in [0.1, 0.15) is 17.7 Å². The second-order valence-corrected chi connectivity index (χ2v) is 9.65. The van der Waals surface area contributed by atoms with Crippen molar-refractivity contribution in [3.8, 4) is 11.3 Å². The minimum Gasteiger partial charge on any atom is -0.382 e. The second-order valence-electron chi connectivity index (χ2n) is 9.65. The number of nitrogens with zero attached hydrogens (tertiary/aromatic N) is 7. The van der Waals surface area contributed by atoms with Gasteiger partial charge in [0.25, 0.3) is 0 Å². The van der Waals surface area contributed by atoms with Crippen LogP contribution < -0.4 is 16.4 Å². The Morgan fingerprint density at radius 2 is 1.82 bits per heavy atom. The van der Waals surface area contributed by atoms with E-state index in [9.17, 15) is 13.2 Å². The summed E-state index contributed by atoms with van der Waals surface area (Å²) in [6.45, 7) is 1.28. The number of hydrogen-bond donors (Lipinski definition) is 2. The molecule has 198 valence electrons. The maximum atomic E-state index is 14.7. The molecule has 5 heterocycles.